The van der Waals surface area contributed by atoms with Crippen LogP contribution in [-0.4, -0.2) is 7.11 Å². The Bertz CT molecular complexity index is 413. The molecule has 68 valence electrons. The fourth-order valence-electron chi connectivity index (χ4n) is 1.19. The molecule has 0 aliphatic heterocycles. The largest absolute Gasteiger partial charge is 0.487 e. The Morgan fingerprint density at radius 2 is 2.23 bits per heavy atom. The number of hydrogen-bond acceptors (Lipinski definition) is 3. The molecule has 0 atom stereocenters. The van der Waals surface area contributed by atoms with Crippen LogP contribution in [0.5, 0.6) is 5.06 Å². The standard InChI is InChI=1S/C9H8ClNOS/c1-12-8-4-5-7(11)3-2-6(10)9(5)13-8/h2-4H,11H2,1H3. The molecule has 0 bridgehead atoms. The molecule has 1 aromatic heterocycles. The molecule has 2 rings (SSSR count). The third-order valence-electron chi connectivity index (χ3n) is 1.85. The molecule has 13 heavy (non-hydrogen) atoms. The van der Waals surface area contributed by atoms with Gasteiger partial charge >= 0.3 is 0 Å². The van der Waals surface area contributed by atoms with E-state index in [2.05, 4.69) is 0 Å². The number of fused-ring (bicyclic) bond motifs is 1. The average Bonchev–Trinajstić information content (AvgIpc) is 2.56. The van der Waals surface area contributed by atoms with E-state index >= 15 is 0 Å². The third kappa shape index (κ3) is 1.34. The maximum atomic E-state index is 6.00. The molecule has 0 unspecified atom stereocenters. The lowest BCUT2D eigenvalue weighted by molar-refractivity contribution is 0.427. The number of rotatable bonds is 1. The fraction of sp³-hybridized carbons (Fsp3) is 0.111. The van der Waals surface area contributed by atoms with E-state index in [1.165, 1.54) is 11.3 Å². The van der Waals surface area contributed by atoms with Gasteiger partial charge in [0, 0.05) is 17.1 Å². The lowest BCUT2D eigenvalue weighted by Gasteiger charge is -1.95. The number of methoxy groups -OCH3 is 1. The molecule has 4 heteroatoms. The van der Waals surface area contributed by atoms with Crippen molar-refractivity contribution >= 4 is 38.7 Å². The molecule has 1 aromatic carbocycles. The Morgan fingerprint density at radius 3 is 2.85 bits per heavy atom. The molecule has 2 nitrogen and oxygen atoms in total. The number of anilines is 1. The van der Waals surface area contributed by atoms with Gasteiger partial charge in [-0.25, -0.2) is 0 Å². The normalized spacial score (nSPS) is 10.6. The Hall–Kier alpha value is -0.930. The number of ether oxygens (including phenoxy) is 1. The van der Waals surface area contributed by atoms with Gasteiger partial charge in [0.1, 0.15) is 0 Å². The number of benzene rings is 1. The van der Waals surface area contributed by atoms with Crippen molar-refractivity contribution in [1.82, 2.24) is 0 Å². The van der Waals surface area contributed by atoms with Crippen molar-refractivity contribution in [3.63, 3.8) is 0 Å². The summed E-state index contributed by atoms with van der Waals surface area (Å²) in [6.45, 7) is 0. The van der Waals surface area contributed by atoms with Gasteiger partial charge in [0.2, 0.25) is 0 Å². The van der Waals surface area contributed by atoms with Crippen LogP contribution in [0.15, 0.2) is 18.2 Å². The monoisotopic (exact) mass is 213 g/mol. The van der Waals surface area contributed by atoms with Crippen LogP contribution in [0.2, 0.25) is 5.02 Å². The molecule has 0 saturated carbocycles. The van der Waals surface area contributed by atoms with Crippen LogP contribution in [0.25, 0.3) is 10.1 Å². The van der Waals surface area contributed by atoms with E-state index in [-0.39, 0.29) is 0 Å². The first-order chi connectivity index (χ1) is 6.22. The van der Waals surface area contributed by atoms with Crippen molar-refractivity contribution in [3.8, 4) is 5.06 Å². The van der Waals surface area contributed by atoms with E-state index in [0.717, 1.165) is 25.9 Å². The molecule has 2 N–H and O–H groups in total. The van der Waals surface area contributed by atoms with E-state index in [1.807, 2.05) is 6.07 Å². The number of halogens is 1. The summed E-state index contributed by atoms with van der Waals surface area (Å²) in [6, 6.07) is 5.51. The van der Waals surface area contributed by atoms with Crippen molar-refractivity contribution < 1.29 is 4.74 Å². The molecule has 0 aliphatic carbocycles. The summed E-state index contributed by atoms with van der Waals surface area (Å²) >= 11 is 7.50. The van der Waals surface area contributed by atoms with Gasteiger partial charge in [0.15, 0.2) is 5.06 Å². The van der Waals surface area contributed by atoms with E-state index in [1.54, 1.807) is 19.2 Å². The van der Waals surface area contributed by atoms with Gasteiger partial charge in [-0.1, -0.05) is 22.9 Å². The summed E-state index contributed by atoms with van der Waals surface area (Å²) < 4.78 is 6.10. The predicted octanol–water partition coefficient (Wildman–Crippen LogP) is 3.15. The molecular weight excluding hydrogens is 206 g/mol. The summed E-state index contributed by atoms with van der Waals surface area (Å²) in [5, 5.41) is 2.52. The number of hydrogen-bond donors (Lipinski definition) is 1. The van der Waals surface area contributed by atoms with Crippen molar-refractivity contribution in [2.24, 2.45) is 0 Å². The Labute approximate surface area is 84.9 Å². The molecule has 0 radical (unpaired) electrons. The van der Waals surface area contributed by atoms with Crippen LogP contribution >= 0.6 is 22.9 Å². The first-order valence-corrected chi connectivity index (χ1v) is 4.93. The molecule has 2 aromatic rings. The zero-order valence-electron chi connectivity index (χ0n) is 7.00. The molecule has 0 amide bonds. The highest BCUT2D eigenvalue weighted by Crippen LogP contribution is 2.38. The SMILES string of the molecule is COc1cc2c(N)ccc(Cl)c2s1. The fourth-order valence-corrected chi connectivity index (χ4v) is 2.38. The van der Waals surface area contributed by atoms with Gasteiger partial charge in [-0.05, 0) is 12.1 Å². The first-order valence-electron chi connectivity index (χ1n) is 3.74. The summed E-state index contributed by atoms with van der Waals surface area (Å²) in [6.07, 6.45) is 0. The van der Waals surface area contributed by atoms with E-state index < -0.39 is 0 Å². The third-order valence-corrected chi connectivity index (χ3v) is 3.40. The first kappa shape index (κ1) is 8.66. The summed E-state index contributed by atoms with van der Waals surface area (Å²) in [5.41, 5.74) is 6.52. The number of nitrogen functional groups attached to an aromatic ring is 1. The van der Waals surface area contributed by atoms with Crippen molar-refractivity contribution in [3.05, 3.63) is 23.2 Å². The van der Waals surface area contributed by atoms with Crippen LogP contribution in [0.4, 0.5) is 5.69 Å². The summed E-state index contributed by atoms with van der Waals surface area (Å²) in [5.74, 6) is 0. The van der Waals surface area contributed by atoms with Crippen molar-refractivity contribution in [1.29, 1.82) is 0 Å². The minimum absolute atomic E-state index is 0.720. The van der Waals surface area contributed by atoms with Gasteiger partial charge in [-0.15, -0.1) is 0 Å². The molecule has 1 heterocycles. The highest BCUT2D eigenvalue weighted by molar-refractivity contribution is 7.21. The second-order valence-corrected chi connectivity index (χ2v) is 4.07. The van der Waals surface area contributed by atoms with Gasteiger partial charge in [-0.3, -0.25) is 0 Å². The smallest absolute Gasteiger partial charge is 0.174 e. The summed E-state index contributed by atoms with van der Waals surface area (Å²) in [7, 11) is 1.63. The van der Waals surface area contributed by atoms with Crippen molar-refractivity contribution in [2.45, 2.75) is 0 Å². The maximum Gasteiger partial charge on any atom is 0.174 e. The quantitative estimate of drug-likeness (QED) is 0.739. The van der Waals surface area contributed by atoms with E-state index in [0.29, 0.717) is 0 Å². The zero-order chi connectivity index (χ0) is 9.42. The van der Waals surface area contributed by atoms with Crippen LogP contribution in [-0.2, 0) is 0 Å². The number of nitrogens with two attached hydrogens (primary N) is 1. The highest BCUT2D eigenvalue weighted by atomic mass is 35.5. The topological polar surface area (TPSA) is 35.2 Å². The van der Waals surface area contributed by atoms with Crippen LogP contribution in [0, 0.1) is 0 Å². The molecule has 0 spiro atoms. The minimum Gasteiger partial charge on any atom is -0.487 e. The highest BCUT2D eigenvalue weighted by Gasteiger charge is 2.07. The van der Waals surface area contributed by atoms with Gasteiger partial charge < -0.3 is 10.5 Å². The molecule has 0 fully saturated rings. The maximum absolute atomic E-state index is 6.00. The second kappa shape index (κ2) is 3.09. The molecular formula is C9H8ClNOS. The van der Waals surface area contributed by atoms with E-state index in [4.69, 9.17) is 22.1 Å². The van der Waals surface area contributed by atoms with Crippen LogP contribution in [0.3, 0.4) is 0 Å². The van der Waals surface area contributed by atoms with Crippen LogP contribution in [0.1, 0.15) is 0 Å². The van der Waals surface area contributed by atoms with Gasteiger partial charge in [0.05, 0.1) is 16.8 Å². The van der Waals surface area contributed by atoms with Gasteiger partial charge in [0.25, 0.3) is 0 Å². The molecule has 0 saturated heterocycles. The van der Waals surface area contributed by atoms with Crippen molar-refractivity contribution in [2.75, 3.05) is 12.8 Å². The lowest BCUT2D eigenvalue weighted by Crippen LogP contribution is -1.83. The van der Waals surface area contributed by atoms with Crippen LogP contribution < -0.4 is 10.5 Å². The predicted molar refractivity (Wildman–Crippen MR) is 57.8 cm³/mol. The zero-order valence-corrected chi connectivity index (χ0v) is 8.58. The Kier molecular flexibility index (Phi) is 2.06. The lowest BCUT2D eigenvalue weighted by atomic mass is 10.2. The second-order valence-electron chi connectivity index (χ2n) is 2.65. The Morgan fingerprint density at radius 1 is 1.46 bits per heavy atom. The Balaban J connectivity index is 2.80. The van der Waals surface area contributed by atoms with Gasteiger partial charge in [-0.2, -0.15) is 0 Å². The number of thiophene rings is 1. The molecule has 0 aliphatic rings. The summed E-state index contributed by atoms with van der Waals surface area (Å²) in [4.78, 5) is 0. The average molecular weight is 214 g/mol. The minimum atomic E-state index is 0.720. The van der Waals surface area contributed by atoms with E-state index in [9.17, 15) is 0 Å².